The quantitative estimate of drug-likeness (QED) is 0.636. The lowest BCUT2D eigenvalue weighted by Crippen LogP contribution is -2.13. The van der Waals surface area contributed by atoms with Crippen molar-refractivity contribution in [2.24, 2.45) is 0 Å². The van der Waals surface area contributed by atoms with Gasteiger partial charge in [-0.05, 0) is 12.8 Å². The molecule has 0 atom stereocenters. The molecule has 2 N–H and O–H groups in total. The summed E-state index contributed by atoms with van der Waals surface area (Å²) in [6, 6.07) is 1.22. The van der Waals surface area contributed by atoms with Crippen molar-refractivity contribution in [1.29, 1.82) is 0 Å². The van der Waals surface area contributed by atoms with E-state index in [4.69, 9.17) is 16.7 Å². The van der Waals surface area contributed by atoms with Gasteiger partial charge in [0, 0.05) is 19.2 Å². The van der Waals surface area contributed by atoms with Gasteiger partial charge in [-0.3, -0.25) is 0 Å². The number of rotatable bonds is 5. The van der Waals surface area contributed by atoms with Crippen molar-refractivity contribution in [3.05, 3.63) is 17.0 Å². The Balaban J connectivity index is 2.69. The molecule has 4 nitrogen and oxygen atoms in total. The van der Waals surface area contributed by atoms with Crippen molar-refractivity contribution in [1.82, 2.24) is 9.97 Å². The van der Waals surface area contributed by atoms with Crippen molar-refractivity contribution < 1.29 is 18.3 Å². The Hall–Kier alpha value is -1.08. The SMILES string of the molecule is OCCCCNc1cc(Cl)nc(C(F)(F)F)n1. The summed E-state index contributed by atoms with van der Waals surface area (Å²) >= 11 is 5.47. The maximum Gasteiger partial charge on any atom is 0.451 e. The van der Waals surface area contributed by atoms with Gasteiger partial charge >= 0.3 is 6.18 Å². The van der Waals surface area contributed by atoms with E-state index in [-0.39, 0.29) is 17.6 Å². The number of nitrogens with zero attached hydrogens (tertiary/aromatic N) is 2. The van der Waals surface area contributed by atoms with Crippen LogP contribution in [0, 0.1) is 0 Å². The van der Waals surface area contributed by atoms with Crippen LogP contribution in [0.1, 0.15) is 18.7 Å². The standard InChI is InChI=1S/C9H11ClF3N3O/c10-6-5-7(14-3-1-2-4-17)16-8(15-6)9(11,12)13/h5,17H,1-4H2,(H,14,15,16). The first kappa shape index (κ1) is 14.0. The van der Waals surface area contributed by atoms with Gasteiger partial charge in [0.05, 0.1) is 0 Å². The lowest BCUT2D eigenvalue weighted by Gasteiger charge is -2.09. The minimum Gasteiger partial charge on any atom is -0.396 e. The maximum atomic E-state index is 12.3. The summed E-state index contributed by atoms with van der Waals surface area (Å²) in [7, 11) is 0. The normalized spacial score (nSPS) is 11.6. The Kier molecular flexibility index (Phi) is 4.95. The number of nitrogens with one attached hydrogen (secondary N) is 1. The van der Waals surface area contributed by atoms with Crippen LogP contribution in [0.3, 0.4) is 0 Å². The van der Waals surface area contributed by atoms with Gasteiger partial charge in [-0.2, -0.15) is 13.2 Å². The zero-order valence-corrected chi connectivity index (χ0v) is 9.52. The number of aliphatic hydroxyl groups is 1. The van der Waals surface area contributed by atoms with Crippen molar-refractivity contribution >= 4 is 17.4 Å². The molecule has 17 heavy (non-hydrogen) atoms. The van der Waals surface area contributed by atoms with E-state index in [9.17, 15) is 13.2 Å². The van der Waals surface area contributed by atoms with Gasteiger partial charge in [-0.15, -0.1) is 0 Å². The molecule has 0 aliphatic heterocycles. The highest BCUT2D eigenvalue weighted by Gasteiger charge is 2.35. The molecule has 1 heterocycles. The number of aromatic nitrogens is 2. The number of hydrogen-bond acceptors (Lipinski definition) is 4. The fraction of sp³-hybridized carbons (Fsp3) is 0.556. The minimum absolute atomic E-state index is 0.0234. The number of anilines is 1. The molecule has 0 aliphatic carbocycles. The van der Waals surface area contributed by atoms with Gasteiger partial charge < -0.3 is 10.4 Å². The summed E-state index contributed by atoms with van der Waals surface area (Å²) in [4.78, 5) is 6.41. The van der Waals surface area contributed by atoms with Crippen molar-refractivity contribution in [2.75, 3.05) is 18.5 Å². The number of halogens is 4. The van der Waals surface area contributed by atoms with Crippen LogP contribution in [-0.2, 0) is 6.18 Å². The number of hydrogen-bond donors (Lipinski definition) is 2. The van der Waals surface area contributed by atoms with E-state index < -0.39 is 12.0 Å². The van der Waals surface area contributed by atoms with Crippen LogP contribution in [-0.4, -0.2) is 28.2 Å². The Morgan fingerprint density at radius 2 is 2.00 bits per heavy atom. The molecule has 0 saturated carbocycles. The fourth-order valence-electron chi connectivity index (χ4n) is 1.09. The monoisotopic (exact) mass is 269 g/mol. The van der Waals surface area contributed by atoms with Crippen LogP contribution in [0.4, 0.5) is 19.0 Å². The first-order valence-electron chi connectivity index (χ1n) is 4.90. The largest absolute Gasteiger partial charge is 0.451 e. The average Bonchev–Trinajstić information content (AvgIpc) is 2.22. The third-order valence-electron chi connectivity index (χ3n) is 1.84. The third-order valence-corrected chi connectivity index (χ3v) is 2.03. The zero-order valence-electron chi connectivity index (χ0n) is 8.76. The summed E-state index contributed by atoms with van der Waals surface area (Å²) in [6.45, 7) is 0.450. The highest BCUT2D eigenvalue weighted by Crippen LogP contribution is 2.28. The predicted octanol–water partition coefficient (Wildman–Crippen LogP) is 2.33. The smallest absolute Gasteiger partial charge is 0.396 e. The van der Waals surface area contributed by atoms with E-state index in [1.807, 2.05) is 0 Å². The molecule has 96 valence electrons. The van der Waals surface area contributed by atoms with E-state index >= 15 is 0 Å². The molecule has 0 amide bonds. The molecule has 1 aromatic rings. The molecule has 0 bridgehead atoms. The summed E-state index contributed by atoms with van der Waals surface area (Å²) < 4.78 is 37.0. The van der Waals surface area contributed by atoms with Crippen molar-refractivity contribution in [3.63, 3.8) is 0 Å². The van der Waals surface area contributed by atoms with E-state index in [1.165, 1.54) is 6.07 Å². The third kappa shape index (κ3) is 4.74. The van der Waals surface area contributed by atoms with Crippen LogP contribution in [0.2, 0.25) is 5.15 Å². The molecule has 0 aromatic carbocycles. The Morgan fingerprint density at radius 1 is 1.29 bits per heavy atom. The minimum atomic E-state index is -4.62. The Bertz CT molecular complexity index is 373. The van der Waals surface area contributed by atoms with Gasteiger partial charge in [0.2, 0.25) is 5.82 Å². The summed E-state index contributed by atoms with van der Waals surface area (Å²) in [5.74, 6) is -1.25. The molecule has 8 heteroatoms. The first-order valence-corrected chi connectivity index (χ1v) is 5.28. The predicted molar refractivity (Wildman–Crippen MR) is 56.9 cm³/mol. The van der Waals surface area contributed by atoms with Gasteiger partial charge in [0.25, 0.3) is 0 Å². The summed E-state index contributed by atoms with van der Waals surface area (Å²) in [5, 5.41) is 11.0. The first-order chi connectivity index (χ1) is 7.93. The number of unbranched alkanes of at least 4 members (excludes halogenated alkanes) is 1. The highest BCUT2D eigenvalue weighted by atomic mass is 35.5. The molecule has 0 aliphatic rings. The molecule has 0 fully saturated rings. The van der Waals surface area contributed by atoms with Gasteiger partial charge in [-0.1, -0.05) is 11.6 Å². The van der Waals surface area contributed by atoms with Crippen molar-refractivity contribution in [2.45, 2.75) is 19.0 Å². The fourth-order valence-corrected chi connectivity index (χ4v) is 1.27. The van der Waals surface area contributed by atoms with Gasteiger partial charge in [-0.25, -0.2) is 9.97 Å². The average molecular weight is 270 g/mol. The molecule has 0 unspecified atom stereocenters. The van der Waals surface area contributed by atoms with Gasteiger partial charge in [0.15, 0.2) is 0 Å². The van der Waals surface area contributed by atoms with Crippen LogP contribution in [0.5, 0.6) is 0 Å². The highest BCUT2D eigenvalue weighted by molar-refractivity contribution is 6.29. The molecular formula is C9H11ClF3N3O. The Morgan fingerprint density at radius 3 is 2.59 bits per heavy atom. The summed E-state index contributed by atoms with van der Waals surface area (Å²) in [6.07, 6.45) is -3.43. The lowest BCUT2D eigenvalue weighted by atomic mass is 10.3. The topological polar surface area (TPSA) is 58.0 Å². The number of aliphatic hydroxyl groups excluding tert-OH is 1. The zero-order chi connectivity index (χ0) is 12.9. The molecule has 0 spiro atoms. The maximum absolute atomic E-state index is 12.3. The molecular weight excluding hydrogens is 259 g/mol. The number of alkyl halides is 3. The van der Waals surface area contributed by atoms with E-state index in [2.05, 4.69) is 15.3 Å². The second kappa shape index (κ2) is 6.02. The van der Waals surface area contributed by atoms with E-state index in [1.54, 1.807) is 0 Å². The molecule has 1 aromatic heterocycles. The second-order valence-corrected chi connectivity index (χ2v) is 3.64. The molecule has 1 rings (SSSR count). The van der Waals surface area contributed by atoms with Gasteiger partial charge in [0.1, 0.15) is 11.0 Å². The lowest BCUT2D eigenvalue weighted by molar-refractivity contribution is -0.144. The van der Waals surface area contributed by atoms with Crippen LogP contribution < -0.4 is 5.32 Å². The summed E-state index contributed by atoms with van der Waals surface area (Å²) in [5.41, 5.74) is 0. The van der Waals surface area contributed by atoms with Crippen LogP contribution in [0.25, 0.3) is 0 Å². The van der Waals surface area contributed by atoms with E-state index in [0.717, 1.165) is 0 Å². The van der Waals surface area contributed by atoms with Crippen LogP contribution >= 0.6 is 11.6 Å². The van der Waals surface area contributed by atoms with Crippen LogP contribution in [0.15, 0.2) is 6.07 Å². The van der Waals surface area contributed by atoms with Crippen molar-refractivity contribution in [3.8, 4) is 0 Å². The second-order valence-electron chi connectivity index (χ2n) is 3.25. The molecule has 0 saturated heterocycles. The molecule has 0 radical (unpaired) electrons. The van der Waals surface area contributed by atoms with E-state index in [0.29, 0.717) is 19.4 Å². The Labute approximate surface area is 101 Å².